The Labute approximate surface area is 88.3 Å². The lowest BCUT2D eigenvalue weighted by atomic mass is 10.1. The third-order valence-corrected chi connectivity index (χ3v) is 2.03. The first-order chi connectivity index (χ1) is 7.45. The van der Waals surface area contributed by atoms with Gasteiger partial charge in [-0.05, 0) is 18.4 Å². The first kappa shape index (κ1) is 9.58. The van der Waals surface area contributed by atoms with Crippen molar-refractivity contribution in [2.45, 2.75) is 12.8 Å². The highest BCUT2D eigenvalue weighted by atomic mass is 15.4. The summed E-state index contributed by atoms with van der Waals surface area (Å²) in [6.45, 7) is 0. The summed E-state index contributed by atoms with van der Waals surface area (Å²) >= 11 is 0. The first-order valence-corrected chi connectivity index (χ1v) is 4.86. The van der Waals surface area contributed by atoms with E-state index in [-0.39, 0.29) is 0 Å². The molecule has 0 aliphatic heterocycles. The highest BCUT2D eigenvalue weighted by molar-refractivity contribution is 5.57. The van der Waals surface area contributed by atoms with Gasteiger partial charge >= 0.3 is 0 Å². The van der Waals surface area contributed by atoms with Crippen LogP contribution in [0.1, 0.15) is 12.0 Å². The van der Waals surface area contributed by atoms with Gasteiger partial charge in [0.05, 0.1) is 0 Å². The van der Waals surface area contributed by atoms with Crippen LogP contribution < -0.4 is 0 Å². The molecule has 0 saturated carbocycles. The minimum atomic E-state index is 0.919. The molecule has 1 aromatic carbocycles. The molecule has 0 saturated heterocycles. The number of aryl methyl sites for hydroxylation is 1. The largest absolute Gasteiger partial charge is 0.208 e. The summed E-state index contributed by atoms with van der Waals surface area (Å²) in [7, 11) is 0. The summed E-state index contributed by atoms with van der Waals surface area (Å²) < 4.78 is 1.59. The third kappa shape index (κ3) is 3.02. The molecule has 0 radical (unpaired) electrons. The Morgan fingerprint density at radius 2 is 1.87 bits per heavy atom. The van der Waals surface area contributed by atoms with Crippen LogP contribution in [0.25, 0.3) is 0 Å². The molecule has 0 amide bonds. The van der Waals surface area contributed by atoms with Crippen LogP contribution in [0.4, 0.5) is 0 Å². The van der Waals surface area contributed by atoms with Gasteiger partial charge in [-0.1, -0.05) is 30.3 Å². The quantitative estimate of drug-likeness (QED) is 0.705. The van der Waals surface area contributed by atoms with Gasteiger partial charge in [0.15, 0.2) is 0 Å². The number of hydrogen-bond donors (Lipinski definition) is 0. The summed E-state index contributed by atoms with van der Waals surface area (Å²) in [6, 6.07) is 10.4. The Kier molecular flexibility index (Phi) is 3.22. The smallest absolute Gasteiger partial charge is 0.141 e. The van der Waals surface area contributed by atoms with E-state index in [2.05, 4.69) is 27.4 Å². The van der Waals surface area contributed by atoms with E-state index in [1.165, 1.54) is 5.56 Å². The average Bonchev–Trinajstić information content (AvgIpc) is 2.79. The van der Waals surface area contributed by atoms with Crippen LogP contribution in [-0.2, 0) is 6.42 Å². The van der Waals surface area contributed by atoms with Gasteiger partial charge in [-0.2, -0.15) is 5.10 Å². The Hall–Kier alpha value is -1.97. The molecule has 0 spiro atoms. The second-order valence-electron chi connectivity index (χ2n) is 3.16. The van der Waals surface area contributed by atoms with E-state index in [0.29, 0.717) is 0 Å². The molecular formula is C11H12N4. The zero-order chi connectivity index (χ0) is 10.3. The van der Waals surface area contributed by atoms with Crippen molar-refractivity contribution in [3.8, 4) is 0 Å². The van der Waals surface area contributed by atoms with Crippen LogP contribution in [0.5, 0.6) is 0 Å². The van der Waals surface area contributed by atoms with Crippen LogP contribution in [0.15, 0.2) is 48.1 Å². The molecule has 0 bridgehead atoms. The minimum Gasteiger partial charge on any atom is -0.208 e. The van der Waals surface area contributed by atoms with Crippen molar-refractivity contribution < 1.29 is 0 Å². The Morgan fingerprint density at radius 1 is 1.13 bits per heavy atom. The van der Waals surface area contributed by atoms with E-state index < -0.39 is 0 Å². The summed E-state index contributed by atoms with van der Waals surface area (Å²) in [6.07, 6.45) is 6.93. The second-order valence-corrected chi connectivity index (χ2v) is 3.16. The van der Waals surface area contributed by atoms with Gasteiger partial charge in [0.25, 0.3) is 0 Å². The topological polar surface area (TPSA) is 43.1 Å². The van der Waals surface area contributed by atoms with Crippen LogP contribution >= 0.6 is 0 Å². The summed E-state index contributed by atoms with van der Waals surface area (Å²) in [5.41, 5.74) is 1.33. The van der Waals surface area contributed by atoms with Crippen molar-refractivity contribution in [2.75, 3.05) is 0 Å². The Morgan fingerprint density at radius 3 is 2.60 bits per heavy atom. The zero-order valence-corrected chi connectivity index (χ0v) is 8.32. The Bertz CT molecular complexity index is 405. The fraction of sp³-hybridized carbons (Fsp3) is 0.182. The molecule has 1 heterocycles. The molecule has 4 heteroatoms. The lowest BCUT2D eigenvalue weighted by molar-refractivity contribution is 0.867. The van der Waals surface area contributed by atoms with Crippen LogP contribution in [0.2, 0.25) is 0 Å². The van der Waals surface area contributed by atoms with Crippen molar-refractivity contribution in [1.29, 1.82) is 0 Å². The summed E-state index contributed by atoms with van der Waals surface area (Å²) in [4.78, 5) is 0. The predicted molar refractivity (Wildman–Crippen MR) is 58.7 cm³/mol. The molecular weight excluding hydrogens is 188 g/mol. The first-order valence-electron chi connectivity index (χ1n) is 4.86. The fourth-order valence-corrected chi connectivity index (χ4v) is 1.28. The van der Waals surface area contributed by atoms with E-state index >= 15 is 0 Å². The van der Waals surface area contributed by atoms with Crippen LogP contribution in [-0.4, -0.2) is 21.1 Å². The van der Waals surface area contributed by atoms with Crippen molar-refractivity contribution >= 4 is 6.21 Å². The van der Waals surface area contributed by atoms with Gasteiger partial charge < -0.3 is 0 Å². The van der Waals surface area contributed by atoms with Gasteiger partial charge in [-0.15, -0.1) is 10.2 Å². The summed E-state index contributed by atoms with van der Waals surface area (Å²) in [5, 5.41) is 11.5. The van der Waals surface area contributed by atoms with Gasteiger partial charge in [-0.25, -0.2) is 4.68 Å². The molecule has 0 aliphatic carbocycles. The van der Waals surface area contributed by atoms with Crippen molar-refractivity contribution in [1.82, 2.24) is 14.9 Å². The van der Waals surface area contributed by atoms with E-state index in [9.17, 15) is 0 Å². The average molecular weight is 200 g/mol. The molecule has 0 fully saturated rings. The molecule has 2 rings (SSSR count). The van der Waals surface area contributed by atoms with E-state index in [0.717, 1.165) is 12.8 Å². The molecule has 4 nitrogen and oxygen atoms in total. The molecule has 2 aromatic rings. The molecule has 1 aromatic heterocycles. The normalized spacial score (nSPS) is 10.9. The van der Waals surface area contributed by atoms with Gasteiger partial charge in [0, 0.05) is 6.21 Å². The zero-order valence-electron chi connectivity index (χ0n) is 8.32. The Balaban J connectivity index is 1.80. The third-order valence-electron chi connectivity index (χ3n) is 2.03. The van der Waals surface area contributed by atoms with Crippen LogP contribution in [0, 0.1) is 0 Å². The SMILES string of the molecule is C(CCc1ccccc1)=Nn1cnnc1. The number of aromatic nitrogens is 3. The molecule has 15 heavy (non-hydrogen) atoms. The number of nitrogens with zero attached hydrogens (tertiary/aromatic N) is 4. The van der Waals surface area contributed by atoms with Gasteiger partial charge in [0.1, 0.15) is 12.7 Å². The lowest BCUT2D eigenvalue weighted by Gasteiger charge is -1.95. The maximum atomic E-state index is 4.15. The van der Waals surface area contributed by atoms with Gasteiger partial charge in [0.2, 0.25) is 0 Å². The predicted octanol–water partition coefficient (Wildman–Crippen LogP) is 1.74. The molecule has 0 unspecified atom stereocenters. The van der Waals surface area contributed by atoms with Crippen molar-refractivity contribution in [3.05, 3.63) is 48.5 Å². The van der Waals surface area contributed by atoms with E-state index in [1.54, 1.807) is 17.3 Å². The number of rotatable bonds is 4. The standard InChI is InChI=1S/C11H12N4/c1-2-5-11(6-3-1)7-4-8-14-15-9-12-13-10-15/h1-3,5-6,8-10H,4,7H2. The molecule has 0 N–H and O–H groups in total. The van der Waals surface area contributed by atoms with Crippen molar-refractivity contribution in [3.63, 3.8) is 0 Å². The maximum absolute atomic E-state index is 4.15. The van der Waals surface area contributed by atoms with Gasteiger partial charge in [-0.3, -0.25) is 0 Å². The lowest BCUT2D eigenvalue weighted by Crippen LogP contribution is -1.88. The highest BCUT2D eigenvalue weighted by Gasteiger charge is 1.89. The molecule has 76 valence electrons. The second kappa shape index (κ2) is 5.05. The molecule has 0 aliphatic rings. The summed E-state index contributed by atoms with van der Waals surface area (Å²) in [5.74, 6) is 0. The number of hydrogen-bond acceptors (Lipinski definition) is 3. The number of benzene rings is 1. The maximum Gasteiger partial charge on any atom is 0.141 e. The van der Waals surface area contributed by atoms with E-state index in [1.807, 2.05) is 24.4 Å². The van der Waals surface area contributed by atoms with E-state index in [4.69, 9.17) is 0 Å². The molecule has 0 atom stereocenters. The monoisotopic (exact) mass is 200 g/mol. The minimum absolute atomic E-state index is 0.919. The fourth-order valence-electron chi connectivity index (χ4n) is 1.28. The van der Waals surface area contributed by atoms with Crippen molar-refractivity contribution in [2.24, 2.45) is 5.10 Å². The van der Waals surface area contributed by atoms with Crippen LogP contribution in [0.3, 0.4) is 0 Å². The highest BCUT2D eigenvalue weighted by Crippen LogP contribution is 2.00.